The van der Waals surface area contributed by atoms with Gasteiger partial charge in [-0.1, -0.05) is 0 Å². The molecular formula is C7H17NO3. The normalized spacial score (nSPS) is 12.0. The van der Waals surface area contributed by atoms with Crippen LogP contribution in [-0.4, -0.2) is 37.9 Å². The molecule has 11 heavy (non-hydrogen) atoms. The largest absolute Gasteiger partial charge is 0.389 e. The second-order valence-corrected chi connectivity index (χ2v) is 2.03. The van der Waals surface area contributed by atoms with Gasteiger partial charge in [-0.25, -0.2) is 0 Å². The molecule has 0 saturated heterocycles. The lowest BCUT2D eigenvalue weighted by Gasteiger charge is -2.30. The maximum Gasteiger partial charge on any atom is 0.251 e. The fraction of sp³-hybridized carbons (Fsp3) is 1.00. The van der Waals surface area contributed by atoms with Crippen molar-refractivity contribution < 1.29 is 14.6 Å². The highest BCUT2D eigenvalue weighted by atomic mass is 16.7. The minimum absolute atomic E-state index is 0.189. The third-order valence-electron chi connectivity index (χ3n) is 1.34. The second-order valence-electron chi connectivity index (χ2n) is 2.03. The van der Waals surface area contributed by atoms with Crippen molar-refractivity contribution in [2.24, 2.45) is 0 Å². The number of aliphatic hydroxyl groups excluding tert-OH is 1. The Bertz CT molecular complexity index is 85.7. The Kier molecular flexibility index (Phi) is 5.41. The van der Waals surface area contributed by atoms with Crippen molar-refractivity contribution in [3.8, 4) is 0 Å². The van der Waals surface area contributed by atoms with Crippen molar-refractivity contribution in [3.05, 3.63) is 0 Å². The minimum Gasteiger partial charge on any atom is -0.389 e. The van der Waals surface area contributed by atoms with Crippen LogP contribution in [-0.2, 0) is 9.47 Å². The predicted molar refractivity (Wildman–Crippen MR) is 42.1 cm³/mol. The fourth-order valence-electron chi connectivity index (χ4n) is 0.823. The molecule has 0 aromatic rings. The van der Waals surface area contributed by atoms with E-state index in [1.165, 1.54) is 0 Å². The molecule has 0 saturated carbocycles. The van der Waals surface area contributed by atoms with E-state index >= 15 is 0 Å². The van der Waals surface area contributed by atoms with Gasteiger partial charge < -0.3 is 14.6 Å². The van der Waals surface area contributed by atoms with E-state index in [2.05, 4.69) is 5.32 Å². The summed E-state index contributed by atoms with van der Waals surface area (Å²) in [4.78, 5) is 0. The Hall–Kier alpha value is -0.160. The lowest BCUT2D eigenvalue weighted by molar-refractivity contribution is -0.266. The molecule has 2 N–H and O–H groups in total. The van der Waals surface area contributed by atoms with Gasteiger partial charge in [0.2, 0.25) is 0 Å². The standard InChI is InChI=1S/C7H17NO3/c1-4-10-7(6-9,8-3)11-5-2/h8-9H,4-6H2,1-3H3. The molecule has 0 atom stereocenters. The number of hydrogen-bond acceptors (Lipinski definition) is 4. The van der Waals surface area contributed by atoms with Gasteiger partial charge in [-0.2, -0.15) is 0 Å². The topological polar surface area (TPSA) is 50.7 Å². The Morgan fingerprint density at radius 3 is 1.91 bits per heavy atom. The van der Waals surface area contributed by atoms with Gasteiger partial charge >= 0.3 is 0 Å². The van der Waals surface area contributed by atoms with Crippen molar-refractivity contribution in [2.75, 3.05) is 26.9 Å². The molecule has 0 amide bonds. The summed E-state index contributed by atoms with van der Waals surface area (Å²) in [6.07, 6.45) is 0. The Morgan fingerprint density at radius 2 is 1.73 bits per heavy atom. The van der Waals surface area contributed by atoms with E-state index in [-0.39, 0.29) is 6.61 Å². The first-order valence-corrected chi connectivity index (χ1v) is 3.82. The highest BCUT2D eigenvalue weighted by Gasteiger charge is 2.27. The van der Waals surface area contributed by atoms with E-state index in [0.717, 1.165) is 0 Å². The molecule has 0 aliphatic heterocycles. The molecule has 0 fully saturated rings. The van der Waals surface area contributed by atoms with Crippen LogP contribution < -0.4 is 5.32 Å². The summed E-state index contributed by atoms with van der Waals surface area (Å²) in [5.74, 6) is -1.01. The summed E-state index contributed by atoms with van der Waals surface area (Å²) >= 11 is 0. The molecule has 0 heterocycles. The average molecular weight is 163 g/mol. The van der Waals surface area contributed by atoms with Gasteiger partial charge in [0.1, 0.15) is 6.61 Å². The van der Waals surface area contributed by atoms with Gasteiger partial charge in [0.25, 0.3) is 5.91 Å². The van der Waals surface area contributed by atoms with Crippen molar-refractivity contribution >= 4 is 0 Å². The first kappa shape index (κ1) is 10.8. The van der Waals surface area contributed by atoms with Crippen LogP contribution in [0.2, 0.25) is 0 Å². The van der Waals surface area contributed by atoms with Crippen molar-refractivity contribution in [2.45, 2.75) is 19.8 Å². The molecule has 68 valence electrons. The molecule has 0 aliphatic carbocycles. The molecule has 0 spiro atoms. The first-order valence-electron chi connectivity index (χ1n) is 3.82. The molecule has 0 rings (SSSR count). The Morgan fingerprint density at radius 1 is 1.27 bits per heavy atom. The lowest BCUT2D eigenvalue weighted by atomic mass is 10.5. The number of aliphatic hydroxyl groups is 1. The molecule has 0 radical (unpaired) electrons. The Balaban J connectivity index is 3.96. The molecule has 0 aromatic heterocycles. The average Bonchev–Trinajstić information content (AvgIpc) is 2.04. The lowest BCUT2D eigenvalue weighted by Crippen LogP contribution is -2.51. The number of rotatable bonds is 6. The van der Waals surface area contributed by atoms with Crippen LogP contribution in [0.15, 0.2) is 0 Å². The van der Waals surface area contributed by atoms with Crippen LogP contribution in [0.25, 0.3) is 0 Å². The molecule has 0 unspecified atom stereocenters. The number of ether oxygens (including phenoxy) is 2. The smallest absolute Gasteiger partial charge is 0.251 e. The van der Waals surface area contributed by atoms with Gasteiger partial charge in [0, 0.05) is 13.2 Å². The van der Waals surface area contributed by atoms with Crippen LogP contribution in [0.5, 0.6) is 0 Å². The highest BCUT2D eigenvalue weighted by Crippen LogP contribution is 2.06. The molecule has 0 bridgehead atoms. The number of nitrogens with one attached hydrogen (secondary N) is 1. The monoisotopic (exact) mass is 163 g/mol. The molecule has 0 aromatic carbocycles. The molecular weight excluding hydrogens is 146 g/mol. The van der Waals surface area contributed by atoms with Gasteiger partial charge in [0.15, 0.2) is 0 Å². The van der Waals surface area contributed by atoms with E-state index in [9.17, 15) is 0 Å². The van der Waals surface area contributed by atoms with E-state index in [1.807, 2.05) is 13.8 Å². The summed E-state index contributed by atoms with van der Waals surface area (Å²) in [7, 11) is 1.68. The molecule has 0 aliphatic rings. The van der Waals surface area contributed by atoms with Crippen molar-refractivity contribution in [1.82, 2.24) is 5.32 Å². The third kappa shape index (κ3) is 3.16. The maximum atomic E-state index is 8.93. The van der Waals surface area contributed by atoms with Crippen LogP contribution in [0.4, 0.5) is 0 Å². The number of likely N-dealkylation sites (N-methyl/N-ethyl adjacent to an activating group) is 1. The summed E-state index contributed by atoms with van der Waals surface area (Å²) in [5.41, 5.74) is 0. The van der Waals surface area contributed by atoms with E-state index in [1.54, 1.807) is 7.05 Å². The fourth-order valence-corrected chi connectivity index (χ4v) is 0.823. The maximum absolute atomic E-state index is 8.93. The molecule has 4 nitrogen and oxygen atoms in total. The van der Waals surface area contributed by atoms with Gasteiger partial charge in [0.05, 0.1) is 0 Å². The van der Waals surface area contributed by atoms with Crippen LogP contribution in [0.1, 0.15) is 13.8 Å². The SMILES string of the molecule is CCOC(CO)(NC)OCC. The molecule has 4 heteroatoms. The summed E-state index contributed by atoms with van der Waals surface area (Å²) in [6.45, 7) is 4.51. The second kappa shape index (κ2) is 5.49. The summed E-state index contributed by atoms with van der Waals surface area (Å²) in [5, 5.41) is 11.7. The first-order chi connectivity index (χ1) is 5.24. The zero-order valence-corrected chi connectivity index (χ0v) is 7.39. The number of hydrogen-bond donors (Lipinski definition) is 2. The van der Waals surface area contributed by atoms with Gasteiger partial charge in [-0.3, -0.25) is 5.32 Å². The van der Waals surface area contributed by atoms with E-state index < -0.39 is 5.91 Å². The van der Waals surface area contributed by atoms with Gasteiger partial charge in [-0.05, 0) is 20.9 Å². The summed E-state index contributed by atoms with van der Waals surface area (Å²) in [6, 6.07) is 0. The van der Waals surface area contributed by atoms with Gasteiger partial charge in [-0.15, -0.1) is 0 Å². The zero-order valence-electron chi connectivity index (χ0n) is 7.39. The zero-order chi connectivity index (χ0) is 8.74. The van der Waals surface area contributed by atoms with Crippen LogP contribution >= 0.6 is 0 Å². The van der Waals surface area contributed by atoms with Crippen LogP contribution in [0, 0.1) is 0 Å². The third-order valence-corrected chi connectivity index (χ3v) is 1.34. The Labute approximate surface area is 67.5 Å². The van der Waals surface area contributed by atoms with Crippen molar-refractivity contribution in [3.63, 3.8) is 0 Å². The highest BCUT2D eigenvalue weighted by molar-refractivity contribution is 4.61. The quantitative estimate of drug-likeness (QED) is 0.538. The van der Waals surface area contributed by atoms with Crippen molar-refractivity contribution in [1.29, 1.82) is 0 Å². The predicted octanol–water partition coefficient (Wildman–Crippen LogP) is -0.0751. The summed E-state index contributed by atoms with van der Waals surface area (Å²) < 4.78 is 10.4. The van der Waals surface area contributed by atoms with E-state index in [0.29, 0.717) is 13.2 Å². The van der Waals surface area contributed by atoms with E-state index in [4.69, 9.17) is 14.6 Å². The van der Waals surface area contributed by atoms with Crippen LogP contribution in [0.3, 0.4) is 0 Å². The minimum atomic E-state index is -1.01.